The van der Waals surface area contributed by atoms with E-state index in [2.05, 4.69) is 10.3 Å². The molecule has 0 spiro atoms. The molecule has 2 aliphatic rings. The smallest absolute Gasteiger partial charge is 0.228 e. The predicted molar refractivity (Wildman–Crippen MR) is 119 cm³/mol. The monoisotopic (exact) mass is 429 g/mol. The minimum Gasteiger partial charge on any atom is -0.386 e. The van der Waals surface area contributed by atoms with E-state index < -0.39 is 5.60 Å². The van der Waals surface area contributed by atoms with E-state index in [0.29, 0.717) is 31.2 Å². The number of hydrogen-bond donors (Lipinski definition) is 2. The SMILES string of the molecule is CC1(O)CN(c2nccc3c(-c4ccc5c(c4)CC(=O)N5)c(-c4ccc(F)cc4)nn23)C1. The van der Waals surface area contributed by atoms with Crippen LogP contribution >= 0.6 is 0 Å². The Morgan fingerprint density at radius 3 is 2.59 bits per heavy atom. The number of halogens is 1. The standard InChI is InChI=1S/C24H20FN5O2/c1-24(32)12-29(13-24)23-26-9-8-19-21(15-4-7-18-16(10-15)11-20(31)27-18)22(28-30(19)23)14-2-5-17(25)6-3-14/h2-10,32H,11-13H2,1H3,(H,27,31). The molecule has 2 aliphatic heterocycles. The summed E-state index contributed by atoms with van der Waals surface area (Å²) in [6, 6.07) is 14.0. The zero-order chi connectivity index (χ0) is 22.0. The molecule has 7 nitrogen and oxygen atoms in total. The highest BCUT2D eigenvalue weighted by Crippen LogP contribution is 2.39. The van der Waals surface area contributed by atoms with Gasteiger partial charge >= 0.3 is 0 Å². The lowest BCUT2D eigenvalue weighted by molar-refractivity contribution is -0.115. The first-order valence-corrected chi connectivity index (χ1v) is 10.4. The molecule has 2 aromatic heterocycles. The Hall–Kier alpha value is -3.78. The molecule has 0 radical (unpaired) electrons. The first-order valence-electron chi connectivity index (χ1n) is 10.4. The molecule has 4 heterocycles. The number of rotatable bonds is 3. The lowest BCUT2D eigenvalue weighted by Gasteiger charge is -2.44. The summed E-state index contributed by atoms with van der Waals surface area (Å²) >= 11 is 0. The molecule has 6 rings (SSSR count). The van der Waals surface area contributed by atoms with Gasteiger partial charge in [-0.3, -0.25) is 4.79 Å². The van der Waals surface area contributed by atoms with Gasteiger partial charge in [0.1, 0.15) is 11.5 Å². The predicted octanol–water partition coefficient (Wildman–Crippen LogP) is 3.27. The maximum absolute atomic E-state index is 13.6. The number of aliphatic hydroxyl groups is 1. The van der Waals surface area contributed by atoms with Crippen LogP contribution in [-0.4, -0.2) is 44.3 Å². The average molecular weight is 429 g/mol. The molecular formula is C24H20FN5O2. The number of aromatic nitrogens is 3. The van der Waals surface area contributed by atoms with Crippen molar-refractivity contribution in [2.45, 2.75) is 18.9 Å². The Labute approximate surface area is 183 Å². The van der Waals surface area contributed by atoms with Gasteiger partial charge in [-0.15, -0.1) is 0 Å². The molecule has 4 aromatic rings. The van der Waals surface area contributed by atoms with Crippen LogP contribution in [0.15, 0.2) is 54.7 Å². The second-order valence-electron chi connectivity index (χ2n) is 8.72. The van der Waals surface area contributed by atoms with Crippen LogP contribution in [0.5, 0.6) is 0 Å². The van der Waals surface area contributed by atoms with Gasteiger partial charge in [0.05, 0.1) is 30.6 Å². The van der Waals surface area contributed by atoms with Gasteiger partial charge < -0.3 is 15.3 Å². The number of amides is 1. The third-order valence-electron chi connectivity index (χ3n) is 6.02. The van der Waals surface area contributed by atoms with Crippen molar-refractivity contribution in [1.82, 2.24) is 14.6 Å². The van der Waals surface area contributed by atoms with E-state index in [-0.39, 0.29) is 11.7 Å². The molecular weight excluding hydrogens is 409 g/mol. The Bertz CT molecular complexity index is 1390. The molecule has 2 N–H and O–H groups in total. The highest BCUT2D eigenvalue weighted by molar-refractivity contribution is 6.01. The third kappa shape index (κ3) is 2.95. The van der Waals surface area contributed by atoms with Crippen molar-refractivity contribution in [1.29, 1.82) is 0 Å². The lowest BCUT2D eigenvalue weighted by atomic mass is 9.97. The summed E-state index contributed by atoms with van der Waals surface area (Å²) in [6.07, 6.45) is 2.07. The van der Waals surface area contributed by atoms with Crippen LogP contribution < -0.4 is 10.2 Å². The number of fused-ring (bicyclic) bond motifs is 2. The zero-order valence-corrected chi connectivity index (χ0v) is 17.3. The summed E-state index contributed by atoms with van der Waals surface area (Å²) in [5, 5.41) is 17.9. The van der Waals surface area contributed by atoms with Crippen molar-refractivity contribution >= 4 is 23.1 Å². The lowest BCUT2D eigenvalue weighted by Crippen LogP contribution is -2.60. The maximum Gasteiger partial charge on any atom is 0.228 e. The molecule has 0 atom stereocenters. The number of anilines is 2. The van der Waals surface area contributed by atoms with Crippen LogP contribution in [0.25, 0.3) is 27.9 Å². The minimum absolute atomic E-state index is 0.0212. The van der Waals surface area contributed by atoms with E-state index in [1.165, 1.54) is 12.1 Å². The van der Waals surface area contributed by atoms with E-state index in [9.17, 15) is 14.3 Å². The van der Waals surface area contributed by atoms with Crippen molar-refractivity contribution in [3.05, 3.63) is 66.1 Å². The van der Waals surface area contributed by atoms with E-state index in [0.717, 1.165) is 33.5 Å². The van der Waals surface area contributed by atoms with E-state index in [1.54, 1.807) is 29.8 Å². The van der Waals surface area contributed by atoms with Gasteiger partial charge in [-0.05, 0) is 60.5 Å². The maximum atomic E-state index is 13.6. The van der Waals surface area contributed by atoms with E-state index >= 15 is 0 Å². The van der Waals surface area contributed by atoms with Gasteiger partial charge in [0.25, 0.3) is 0 Å². The Morgan fingerprint density at radius 2 is 1.84 bits per heavy atom. The highest BCUT2D eigenvalue weighted by Gasteiger charge is 2.38. The second-order valence-corrected chi connectivity index (χ2v) is 8.72. The van der Waals surface area contributed by atoms with Gasteiger partial charge in [-0.1, -0.05) is 6.07 Å². The van der Waals surface area contributed by atoms with Gasteiger partial charge in [0.15, 0.2) is 0 Å². The molecule has 8 heteroatoms. The van der Waals surface area contributed by atoms with Crippen molar-refractivity contribution < 1.29 is 14.3 Å². The number of hydrogen-bond acceptors (Lipinski definition) is 5. The topological polar surface area (TPSA) is 82.8 Å². The molecule has 1 fully saturated rings. The van der Waals surface area contributed by atoms with Crippen molar-refractivity contribution in [3.63, 3.8) is 0 Å². The molecule has 0 bridgehead atoms. The van der Waals surface area contributed by atoms with Crippen LogP contribution in [0.2, 0.25) is 0 Å². The van der Waals surface area contributed by atoms with Crippen LogP contribution in [0.4, 0.5) is 16.0 Å². The highest BCUT2D eigenvalue weighted by atomic mass is 19.1. The number of benzene rings is 2. The molecule has 1 amide bonds. The Balaban J connectivity index is 1.57. The minimum atomic E-state index is -0.751. The molecule has 0 aliphatic carbocycles. The van der Waals surface area contributed by atoms with Crippen molar-refractivity contribution in [3.8, 4) is 22.4 Å². The first-order chi connectivity index (χ1) is 15.4. The number of β-amino-alcohol motifs (C(OH)–C–C–N with tert-alkyl or cyclic N) is 1. The molecule has 0 unspecified atom stereocenters. The summed E-state index contributed by atoms with van der Waals surface area (Å²) in [4.78, 5) is 18.3. The fraction of sp³-hybridized carbons (Fsp3) is 0.208. The fourth-order valence-electron chi connectivity index (χ4n) is 4.58. The summed E-state index contributed by atoms with van der Waals surface area (Å²) in [5.41, 5.74) is 5.13. The number of nitrogens with zero attached hydrogens (tertiary/aromatic N) is 4. The number of carbonyl (C=O) groups excluding carboxylic acids is 1. The van der Waals surface area contributed by atoms with Crippen molar-refractivity contribution in [2.24, 2.45) is 0 Å². The van der Waals surface area contributed by atoms with E-state index in [4.69, 9.17) is 5.10 Å². The summed E-state index contributed by atoms with van der Waals surface area (Å²) in [5.74, 6) is 0.306. The Kier molecular flexibility index (Phi) is 3.91. The molecule has 160 valence electrons. The van der Waals surface area contributed by atoms with Crippen LogP contribution in [0.3, 0.4) is 0 Å². The van der Waals surface area contributed by atoms with Gasteiger partial charge in [0.2, 0.25) is 11.9 Å². The molecule has 2 aromatic carbocycles. The second kappa shape index (κ2) is 6.61. The zero-order valence-electron chi connectivity index (χ0n) is 17.3. The van der Waals surface area contributed by atoms with Gasteiger partial charge in [-0.2, -0.15) is 9.61 Å². The van der Waals surface area contributed by atoms with Crippen molar-refractivity contribution in [2.75, 3.05) is 23.3 Å². The van der Waals surface area contributed by atoms with Gasteiger partial charge in [0, 0.05) is 23.0 Å². The largest absolute Gasteiger partial charge is 0.386 e. The summed E-state index contributed by atoms with van der Waals surface area (Å²) in [7, 11) is 0. The fourth-order valence-corrected chi connectivity index (χ4v) is 4.58. The number of carbonyl (C=O) groups is 1. The molecule has 0 saturated carbocycles. The first kappa shape index (κ1) is 18.9. The average Bonchev–Trinajstić information content (AvgIpc) is 3.31. The molecule has 1 saturated heterocycles. The quantitative estimate of drug-likeness (QED) is 0.522. The summed E-state index contributed by atoms with van der Waals surface area (Å²) < 4.78 is 15.4. The van der Waals surface area contributed by atoms with Gasteiger partial charge in [-0.25, -0.2) is 9.37 Å². The Morgan fingerprint density at radius 1 is 1.09 bits per heavy atom. The van der Waals surface area contributed by atoms with E-state index in [1.807, 2.05) is 29.2 Å². The third-order valence-corrected chi connectivity index (χ3v) is 6.02. The molecule has 32 heavy (non-hydrogen) atoms. The van der Waals surface area contributed by atoms with Crippen LogP contribution in [-0.2, 0) is 11.2 Å². The van der Waals surface area contributed by atoms with Crippen LogP contribution in [0.1, 0.15) is 12.5 Å². The number of nitrogens with one attached hydrogen (secondary N) is 1. The summed E-state index contributed by atoms with van der Waals surface area (Å²) in [6.45, 7) is 2.72. The normalized spacial score (nSPS) is 16.7. The van der Waals surface area contributed by atoms with Crippen LogP contribution in [0, 0.1) is 5.82 Å².